The normalized spacial score (nSPS) is 10.7. The van der Waals surface area contributed by atoms with Gasteiger partial charge in [-0.15, -0.1) is 0 Å². The zero-order valence-corrected chi connectivity index (χ0v) is 12.6. The van der Waals surface area contributed by atoms with Crippen molar-refractivity contribution in [2.75, 3.05) is 7.11 Å². The van der Waals surface area contributed by atoms with Gasteiger partial charge >= 0.3 is 0 Å². The molecule has 0 spiro atoms. The number of fused-ring (bicyclic) bond motifs is 1. The Hall–Kier alpha value is -2.33. The molecule has 0 aliphatic carbocycles. The van der Waals surface area contributed by atoms with Gasteiger partial charge in [0.15, 0.2) is 0 Å². The highest BCUT2D eigenvalue weighted by Gasteiger charge is 2.05. The summed E-state index contributed by atoms with van der Waals surface area (Å²) in [5, 5.41) is 1.18. The highest BCUT2D eigenvalue weighted by Crippen LogP contribution is 2.20. The number of rotatable bonds is 4. The zero-order chi connectivity index (χ0) is 14.8. The second kappa shape index (κ2) is 5.58. The van der Waals surface area contributed by atoms with Crippen LogP contribution in [0.1, 0.15) is 11.1 Å². The van der Waals surface area contributed by atoms with Crippen LogP contribution in [-0.2, 0) is 6.54 Å². The lowest BCUT2D eigenvalue weighted by atomic mass is 10.1. The Kier molecular flexibility index (Phi) is 3.62. The third-order valence-corrected chi connectivity index (χ3v) is 3.78. The van der Waals surface area contributed by atoms with Gasteiger partial charge in [0.05, 0.1) is 7.11 Å². The molecule has 0 unspecified atom stereocenters. The molecule has 2 aromatic carbocycles. The molecule has 0 atom stereocenters. The number of ether oxygens (including phenoxy) is 1. The number of hydrogen-bond acceptors (Lipinski definition) is 2. The van der Waals surface area contributed by atoms with Gasteiger partial charge < -0.3 is 15.0 Å². The highest BCUT2D eigenvalue weighted by molar-refractivity contribution is 7.80. The topological polar surface area (TPSA) is 40.2 Å². The Morgan fingerprint density at radius 1 is 1.19 bits per heavy atom. The third kappa shape index (κ3) is 2.76. The highest BCUT2D eigenvalue weighted by atomic mass is 32.1. The zero-order valence-electron chi connectivity index (χ0n) is 11.7. The maximum atomic E-state index is 5.72. The Morgan fingerprint density at radius 2 is 2.05 bits per heavy atom. The summed E-state index contributed by atoms with van der Waals surface area (Å²) in [6.07, 6.45) is 2.08. The predicted octanol–water partition coefficient (Wildman–Crippen LogP) is 3.33. The predicted molar refractivity (Wildman–Crippen MR) is 89.9 cm³/mol. The lowest BCUT2D eigenvalue weighted by molar-refractivity contribution is 0.414. The first-order valence-corrected chi connectivity index (χ1v) is 7.10. The summed E-state index contributed by atoms with van der Waals surface area (Å²) >= 11 is 5.06. The third-order valence-electron chi connectivity index (χ3n) is 3.55. The van der Waals surface area contributed by atoms with Crippen LogP contribution >= 0.6 is 12.2 Å². The first-order valence-electron chi connectivity index (χ1n) is 6.69. The minimum atomic E-state index is 0.422. The number of hydrogen-bond donors (Lipinski definition) is 1. The molecular weight excluding hydrogens is 280 g/mol. The molecular formula is C17H16N2OS. The van der Waals surface area contributed by atoms with Crippen LogP contribution < -0.4 is 10.5 Å². The van der Waals surface area contributed by atoms with E-state index in [1.807, 2.05) is 36.4 Å². The Labute approximate surface area is 128 Å². The molecule has 3 nitrogen and oxygen atoms in total. The molecule has 2 N–H and O–H groups in total. The molecule has 0 saturated heterocycles. The van der Waals surface area contributed by atoms with Crippen LogP contribution in [0, 0.1) is 0 Å². The van der Waals surface area contributed by atoms with Gasteiger partial charge in [0, 0.05) is 23.8 Å². The summed E-state index contributed by atoms with van der Waals surface area (Å²) in [7, 11) is 1.68. The van der Waals surface area contributed by atoms with Crippen molar-refractivity contribution in [3.63, 3.8) is 0 Å². The number of nitrogens with zero attached hydrogens (tertiary/aromatic N) is 1. The van der Waals surface area contributed by atoms with Crippen molar-refractivity contribution in [1.29, 1.82) is 0 Å². The summed E-state index contributed by atoms with van der Waals surface area (Å²) in [5.41, 5.74) is 8.93. The number of methoxy groups -OCH3 is 1. The summed E-state index contributed by atoms with van der Waals surface area (Å²) in [6.45, 7) is 0.779. The van der Waals surface area contributed by atoms with Crippen molar-refractivity contribution in [3.8, 4) is 5.75 Å². The van der Waals surface area contributed by atoms with Gasteiger partial charge in [-0.1, -0.05) is 36.5 Å². The lowest BCUT2D eigenvalue weighted by Crippen LogP contribution is -2.09. The van der Waals surface area contributed by atoms with E-state index in [2.05, 4.69) is 22.9 Å². The molecule has 1 heterocycles. The van der Waals surface area contributed by atoms with Crippen molar-refractivity contribution in [2.24, 2.45) is 5.73 Å². The summed E-state index contributed by atoms with van der Waals surface area (Å²) in [5.74, 6) is 0.868. The van der Waals surface area contributed by atoms with E-state index < -0.39 is 0 Å². The van der Waals surface area contributed by atoms with Crippen LogP contribution in [0.25, 0.3) is 10.9 Å². The van der Waals surface area contributed by atoms with Gasteiger partial charge in [0.25, 0.3) is 0 Å². The smallest absolute Gasteiger partial charge is 0.119 e. The molecule has 0 aliphatic rings. The van der Waals surface area contributed by atoms with E-state index in [1.165, 1.54) is 10.9 Å². The van der Waals surface area contributed by atoms with Crippen LogP contribution in [-0.4, -0.2) is 16.7 Å². The number of aromatic nitrogens is 1. The molecule has 0 fully saturated rings. The van der Waals surface area contributed by atoms with E-state index in [1.54, 1.807) is 7.11 Å². The minimum absolute atomic E-state index is 0.422. The van der Waals surface area contributed by atoms with Gasteiger partial charge in [0.2, 0.25) is 0 Å². The van der Waals surface area contributed by atoms with E-state index in [-0.39, 0.29) is 0 Å². The molecule has 1 aromatic heterocycles. The fourth-order valence-corrected chi connectivity index (χ4v) is 2.57. The lowest BCUT2D eigenvalue weighted by Gasteiger charge is -2.08. The van der Waals surface area contributed by atoms with Crippen LogP contribution in [0.3, 0.4) is 0 Å². The van der Waals surface area contributed by atoms with Crippen LogP contribution in [0.5, 0.6) is 5.75 Å². The van der Waals surface area contributed by atoms with E-state index in [9.17, 15) is 0 Å². The Balaban J connectivity index is 1.99. The molecule has 3 rings (SSSR count). The number of benzene rings is 2. The second-order valence-electron chi connectivity index (χ2n) is 4.93. The van der Waals surface area contributed by atoms with E-state index in [0.717, 1.165) is 23.4 Å². The number of nitrogens with two attached hydrogens (primary N) is 1. The molecule has 106 valence electrons. The van der Waals surface area contributed by atoms with Crippen molar-refractivity contribution in [1.82, 2.24) is 4.57 Å². The fraction of sp³-hybridized carbons (Fsp3) is 0.118. The molecule has 21 heavy (non-hydrogen) atoms. The van der Waals surface area contributed by atoms with E-state index >= 15 is 0 Å². The summed E-state index contributed by atoms with van der Waals surface area (Å²) in [6, 6.07) is 16.2. The monoisotopic (exact) mass is 296 g/mol. The molecule has 0 bridgehead atoms. The van der Waals surface area contributed by atoms with Gasteiger partial charge in [-0.3, -0.25) is 0 Å². The quantitative estimate of drug-likeness (QED) is 0.751. The van der Waals surface area contributed by atoms with Gasteiger partial charge in [-0.25, -0.2) is 0 Å². The van der Waals surface area contributed by atoms with Crippen LogP contribution in [0.4, 0.5) is 0 Å². The van der Waals surface area contributed by atoms with E-state index in [4.69, 9.17) is 22.7 Å². The van der Waals surface area contributed by atoms with Gasteiger partial charge in [-0.05, 0) is 35.2 Å². The average molecular weight is 296 g/mol. The molecule has 3 aromatic rings. The van der Waals surface area contributed by atoms with Crippen molar-refractivity contribution in [3.05, 3.63) is 65.9 Å². The first kappa shape index (κ1) is 13.6. The van der Waals surface area contributed by atoms with E-state index in [0.29, 0.717) is 4.99 Å². The van der Waals surface area contributed by atoms with Gasteiger partial charge in [-0.2, -0.15) is 0 Å². The molecule has 0 saturated carbocycles. The van der Waals surface area contributed by atoms with Crippen molar-refractivity contribution >= 4 is 28.1 Å². The van der Waals surface area contributed by atoms with Crippen molar-refractivity contribution in [2.45, 2.75) is 6.54 Å². The molecule has 0 amide bonds. The number of thiocarbonyl (C=S) groups is 1. The summed E-state index contributed by atoms with van der Waals surface area (Å²) in [4.78, 5) is 0.422. The minimum Gasteiger partial charge on any atom is -0.497 e. The molecule has 0 radical (unpaired) electrons. The first-order chi connectivity index (χ1) is 10.2. The van der Waals surface area contributed by atoms with Gasteiger partial charge in [0.1, 0.15) is 10.7 Å². The van der Waals surface area contributed by atoms with Crippen LogP contribution in [0.2, 0.25) is 0 Å². The molecule has 0 aliphatic heterocycles. The average Bonchev–Trinajstić information content (AvgIpc) is 2.90. The molecule has 4 heteroatoms. The van der Waals surface area contributed by atoms with Crippen molar-refractivity contribution < 1.29 is 4.74 Å². The summed E-state index contributed by atoms with van der Waals surface area (Å²) < 4.78 is 7.46. The largest absolute Gasteiger partial charge is 0.497 e. The Bertz CT molecular complexity index is 807. The Morgan fingerprint density at radius 3 is 2.81 bits per heavy atom. The fourth-order valence-electron chi connectivity index (χ4n) is 2.44. The maximum absolute atomic E-state index is 5.72. The standard InChI is InChI=1S/C17H16N2OS/c1-20-15-4-2-3-12(9-15)11-19-8-7-13-5-6-14(17(18)21)10-16(13)19/h2-10H,11H2,1H3,(H2,18,21). The second-order valence-corrected chi connectivity index (χ2v) is 5.37. The van der Waals surface area contributed by atoms with Crippen LogP contribution in [0.15, 0.2) is 54.7 Å². The maximum Gasteiger partial charge on any atom is 0.119 e. The SMILES string of the molecule is COc1cccc(Cn2ccc3ccc(C(N)=S)cc32)c1.